The highest BCUT2D eigenvalue weighted by atomic mass is 16.5. The number of carbonyl (C=O) groups excluding carboxylic acids is 2. The average molecular weight is 440 g/mol. The number of nitrogens with zero attached hydrogens (tertiary/aromatic N) is 1. The summed E-state index contributed by atoms with van der Waals surface area (Å²) in [5, 5.41) is 11.8. The summed E-state index contributed by atoms with van der Waals surface area (Å²) in [6, 6.07) is 13.9. The van der Waals surface area contributed by atoms with Crippen LogP contribution in [0.25, 0.3) is 11.1 Å². The average Bonchev–Trinajstić information content (AvgIpc) is 3.11. The van der Waals surface area contributed by atoms with Crippen molar-refractivity contribution < 1.29 is 29.0 Å². The van der Waals surface area contributed by atoms with E-state index in [1.807, 2.05) is 48.5 Å². The Morgan fingerprint density at radius 1 is 1.06 bits per heavy atom. The molecule has 0 saturated heterocycles. The van der Waals surface area contributed by atoms with Gasteiger partial charge in [-0.3, -0.25) is 4.79 Å². The van der Waals surface area contributed by atoms with E-state index in [0.717, 1.165) is 27.2 Å². The molecular weight excluding hydrogens is 412 g/mol. The van der Waals surface area contributed by atoms with Gasteiger partial charge in [0.25, 0.3) is 0 Å². The van der Waals surface area contributed by atoms with E-state index in [2.05, 4.69) is 5.32 Å². The van der Waals surface area contributed by atoms with Crippen LogP contribution in [0.15, 0.2) is 48.5 Å². The molecule has 1 unspecified atom stereocenters. The van der Waals surface area contributed by atoms with Crippen molar-refractivity contribution in [1.29, 1.82) is 0 Å². The van der Waals surface area contributed by atoms with Crippen molar-refractivity contribution in [1.82, 2.24) is 10.2 Å². The molecule has 2 aromatic carbocycles. The van der Waals surface area contributed by atoms with Crippen molar-refractivity contribution in [2.75, 3.05) is 27.4 Å². The maximum atomic E-state index is 12.8. The molecule has 170 valence electrons. The van der Waals surface area contributed by atoms with Crippen LogP contribution in [0, 0.1) is 0 Å². The summed E-state index contributed by atoms with van der Waals surface area (Å²) >= 11 is 0. The molecule has 8 heteroatoms. The number of alkyl carbamates (subject to hydrolysis) is 1. The number of carboxylic acid groups (broad SMARTS) is 1. The minimum atomic E-state index is -1.11. The first-order valence-electron chi connectivity index (χ1n) is 10.5. The van der Waals surface area contributed by atoms with Gasteiger partial charge >= 0.3 is 12.1 Å². The first-order chi connectivity index (χ1) is 15.4. The van der Waals surface area contributed by atoms with E-state index in [4.69, 9.17) is 9.47 Å². The van der Waals surface area contributed by atoms with Crippen LogP contribution in [0.2, 0.25) is 0 Å². The fourth-order valence-electron chi connectivity index (χ4n) is 4.14. The van der Waals surface area contributed by atoms with Crippen LogP contribution in [0.3, 0.4) is 0 Å². The summed E-state index contributed by atoms with van der Waals surface area (Å²) in [6.07, 6.45) is -0.526. The molecule has 0 radical (unpaired) electrons. The Balaban J connectivity index is 1.68. The number of amides is 2. The monoisotopic (exact) mass is 440 g/mol. The number of aliphatic carboxylic acids is 1. The molecule has 0 bridgehead atoms. The number of hydrogen-bond donors (Lipinski definition) is 2. The van der Waals surface area contributed by atoms with E-state index in [9.17, 15) is 19.5 Å². The molecule has 3 rings (SSSR count). The Kier molecular flexibility index (Phi) is 7.48. The van der Waals surface area contributed by atoms with E-state index in [-0.39, 0.29) is 25.6 Å². The highest BCUT2D eigenvalue weighted by molar-refractivity contribution is 5.89. The van der Waals surface area contributed by atoms with E-state index in [1.165, 1.54) is 14.2 Å². The van der Waals surface area contributed by atoms with Crippen molar-refractivity contribution in [3.05, 3.63) is 59.7 Å². The number of hydrogen-bond acceptors (Lipinski definition) is 5. The Morgan fingerprint density at radius 2 is 1.62 bits per heavy atom. The van der Waals surface area contributed by atoms with Gasteiger partial charge < -0.3 is 24.8 Å². The number of carbonyl (C=O) groups is 3. The molecule has 0 spiro atoms. The van der Waals surface area contributed by atoms with Crippen LogP contribution in [0.5, 0.6) is 0 Å². The van der Waals surface area contributed by atoms with Gasteiger partial charge in [-0.05, 0) is 28.7 Å². The SMILES string of the molecule is CCC(C(=O)O)N(C)C(=O)[C@H](COC)NC(=O)OCC1c2ccccc2-c2ccccc21. The maximum absolute atomic E-state index is 12.8. The molecular formula is C24H28N2O6. The zero-order chi connectivity index (χ0) is 23.3. The zero-order valence-corrected chi connectivity index (χ0v) is 18.4. The second kappa shape index (κ2) is 10.3. The lowest BCUT2D eigenvalue weighted by molar-refractivity contribution is -0.150. The second-order valence-electron chi connectivity index (χ2n) is 7.69. The number of benzene rings is 2. The van der Waals surface area contributed by atoms with Crippen molar-refractivity contribution in [3.8, 4) is 11.1 Å². The highest BCUT2D eigenvalue weighted by Crippen LogP contribution is 2.44. The second-order valence-corrected chi connectivity index (χ2v) is 7.69. The van der Waals surface area contributed by atoms with Gasteiger partial charge in [0.05, 0.1) is 6.61 Å². The van der Waals surface area contributed by atoms with Gasteiger partial charge in [0.2, 0.25) is 5.91 Å². The zero-order valence-electron chi connectivity index (χ0n) is 18.4. The quantitative estimate of drug-likeness (QED) is 0.621. The minimum Gasteiger partial charge on any atom is -0.480 e. The predicted molar refractivity (Wildman–Crippen MR) is 118 cm³/mol. The van der Waals surface area contributed by atoms with E-state index >= 15 is 0 Å². The van der Waals surface area contributed by atoms with Gasteiger partial charge in [0, 0.05) is 20.1 Å². The molecule has 0 aliphatic heterocycles. The molecule has 2 amide bonds. The molecule has 1 aliphatic carbocycles. The Labute approximate surface area is 187 Å². The number of nitrogens with one attached hydrogen (secondary N) is 1. The van der Waals surface area contributed by atoms with Gasteiger partial charge in [-0.2, -0.15) is 0 Å². The van der Waals surface area contributed by atoms with Crippen molar-refractivity contribution in [2.45, 2.75) is 31.3 Å². The summed E-state index contributed by atoms with van der Waals surface area (Å²) in [4.78, 5) is 37.8. The summed E-state index contributed by atoms with van der Waals surface area (Å²) in [5.74, 6) is -1.78. The third-order valence-corrected chi connectivity index (χ3v) is 5.75. The summed E-state index contributed by atoms with van der Waals surface area (Å²) < 4.78 is 10.5. The van der Waals surface area contributed by atoms with E-state index < -0.39 is 30.1 Å². The molecule has 0 fully saturated rings. The van der Waals surface area contributed by atoms with Gasteiger partial charge in [-0.15, -0.1) is 0 Å². The smallest absolute Gasteiger partial charge is 0.407 e. The molecule has 2 atom stereocenters. The molecule has 0 saturated carbocycles. The van der Waals surface area contributed by atoms with Crippen LogP contribution < -0.4 is 5.32 Å². The van der Waals surface area contributed by atoms with Crippen LogP contribution in [0.1, 0.15) is 30.4 Å². The van der Waals surface area contributed by atoms with Crippen LogP contribution in [-0.4, -0.2) is 67.4 Å². The number of likely N-dealkylation sites (N-methyl/N-ethyl adjacent to an activating group) is 1. The van der Waals surface area contributed by atoms with Gasteiger partial charge in [0.1, 0.15) is 18.7 Å². The van der Waals surface area contributed by atoms with Crippen molar-refractivity contribution in [2.24, 2.45) is 0 Å². The summed E-state index contributed by atoms with van der Waals surface area (Å²) in [7, 11) is 2.79. The first-order valence-corrected chi connectivity index (χ1v) is 10.5. The number of methoxy groups -OCH3 is 1. The lowest BCUT2D eigenvalue weighted by atomic mass is 9.98. The normalized spacial score (nSPS) is 14.1. The fourth-order valence-corrected chi connectivity index (χ4v) is 4.14. The third-order valence-electron chi connectivity index (χ3n) is 5.75. The molecule has 32 heavy (non-hydrogen) atoms. The van der Waals surface area contributed by atoms with Crippen molar-refractivity contribution >= 4 is 18.0 Å². The Hall–Kier alpha value is -3.39. The van der Waals surface area contributed by atoms with Crippen LogP contribution in [0.4, 0.5) is 4.79 Å². The topological polar surface area (TPSA) is 105 Å². The van der Waals surface area contributed by atoms with Gasteiger partial charge in [0.15, 0.2) is 0 Å². The molecule has 2 N–H and O–H groups in total. The van der Waals surface area contributed by atoms with Gasteiger partial charge in [-0.25, -0.2) is 9.59 Å². The molecule has 0 heterocycles. The summed E-state index contributed by atoms with van der Waals surface area (Å²) in [6.45, 7) is 1.67. The lowest BCUT2D eigenvalue weighted by Gasteiger charge is -2.28. The molecule has 2 aromatic rings. The largest absolute Gasteiger partial charge is 0.480 e. The van der Waals surface area contributed by atoms with Crippen LogP contribution >= 0.6 is 0 Å². The number of rotatable bonds is 9. The van der Waals surface area contributed by atoms with Gasteiger partial charge in [-0.1, -0.05) is 55.5 Å². The predicted octanol–water partition coefficient (Wildman–Crippen LogP) is 2.86. The first kappa shape index (κ1) is 23.3. The number of carboxylic acids is 1. The van der Waals surface area contributed by atoms with E-state index in [0.29, 0.717) is 0 Å². The molecule has 0 aromatic heterocycles. The Morgan fingerprint density at radius 3 is 2.12 bits per heavy atom. The third kappa shape index (κ3) is 4.75. The summed E-state index contributed by atoms with van der Waals surface area (Å²) in [5.41, 5.74) is 4.40. The standard InChI is InChI=1S/C24H28N2O6/c1-4-21(23(28)29)26(2)22(27)20(14-31-3)25-24(30)32-13-19-17-11-7-5-9-15(17)16-10-6-8-12-18(16)19/h5-12,19-21H,4,13-14H2,1-3H3,(H,25,30)(H,28,29)/t20-,21?/m0/s1. The van der Waals surface area contributed by atoms with E-state index in [1.54, 1.807) is 6.92 Å². The minimum absolute atomic E-state index is 0.107. The number of fused-ring (bicyclic) bond motifs is 3. The highest BCUT2D eigenvalue weighted by Gasteiger charge is 2.32. The van der Waals surface area contributed by atoms with Crippen LogP contribution in [-0.2, 0) is 19.1 Å². The Bertz CT molecular complexity index is 946. The maximum Gasteiger partial charge on any atom is 0.407 e. The molecule has 1 aliphatic rings. The van der Waals surface area contributed by atoms with Crippen molar-refractivity contribution in [3.63, 3.8) is 0 Å². The molecule has 8 nitrogen and oxygen atoms in total. The number of ether oxygens (including phenoxy) is 2. The fraction of sp³-hybridized carbons (Fsp3) is 0.375. The lowest BCUT2D eigenvalue weighted by Crippen LogP contribution is -2.54.